The topological polar surface area (TPSA) is 86.7 Å². The summed E-state index contributed by atoms with van der Waals surface area (Å²) in [5.74, 6) is 0.407. The van der Waals surface area contributed by atoms with Crippen molar-refractivity contribution in [1.29, 1.82) is 0 Å². The number of aryl methyl sites for hydroxylation is 1. The van der Waals surface area contributed by atoms with Crippen molar-refractivity contribution < 1.29 is 74.2 Å². The molecule has 0 radical (unpaired) electrons. The molecular weight excluding hydrogens is 439 g/mol. The van der Waals surface area contributed by atoms with Crippen molar-refractivity contribution in [3.63, 3.8) is 0 Å². The van der Waals surface area contributed by atoms with E-state index in [0.29, 0.717) is 17.7 Å². The molecule has 0 saturated heterocycles. The Morgan fingerprint density at radius 1 is 0.839 bits per heavy atom. The number of hydrogen-bond acceptors (Lipinski definition) is 4. The monoisotopic (exact) mass is 472 g/mol. The van der Waals surface area contributed by atoms with Crippen LogP contribution in [0.15, 0.2) is 47.4 Å². The molecule has 0 aromatic heterocycles. The molecule has 0 aliphatic rings. The largest absolute Gasteiger partial charge is 1.00 e. The van der Waals surface area contributed by atoms with E-state index >= 15 is 0 Å². The van der Waals surface area contributed by atoms with Crippen molar-refractivity contribution in [2.45, 2.75) is 82.4 Å². The molecule has 7 heteroatoms. The van der Waals surface area contributed by atoms with Crippen LogP contribution in [0.2, 0.25) is 0 Å². The van der Waals surface area contributed by atoms with Crippen LogP contribution >= 0.6 is 0 Å². The van der Waals surface area contributed by atoms with E-state index in [1.54, 1.807) is 18.2 Å². The summed E-state index contributed by atoms with van der Waals surface area (Å²) in [5, 5.41) is 11.9. The SMILES string of the molecule is CCCCCCCCCCCCc1cc(S(=O)(=O)O)ccc1Oc1ccccc1[O-].[K+]. The van der Waals surface area contributed by atoms with Gasteiger partial charge in [0, 0.05) is 0 Å². The second-order valence-electron chi connectivity index (χ2n) is 7.73. The number of rotatable bonds is 14. The summed E-state index contributed by atoms with van der Waals surface area (Å²) in [5.41, 5.74) is 0.674. The summed E-state index contributed by atoms with van der Waals surface area (Å²) >= 11 is 0. The molecule has 0 atom stereocenters. The van der Waals surface area contributed by atoms with Gasteiger partial charge in [0.1, 0.15) is 11.5 Å². The smallest absolute Gasteiger partial charge is 0.870 e. The zero-order valence-corrected chi connectivity index (χ0v) is 22.7. The van der Waals surface area contributed by atoms with Gasteiger partial charge in [0.25, 0.3) is 10.1 Å². The van der Waals surface area contributed by atoms with Crippen LogP contribution in [0.1, 0.15) is 76.7 Å². The van der Waals surface area contributed by atoms with E-state index in [1.165, 1.54) is 69.2 Å². The summed E-state index contributed by atoms with van der Waals surface area (Å²) in [6, 6.07) is 10.6. The van der Waals surface area contributed by atoms with E-state index in [0.717, 1.165) is 19.3 Å². The zero-order chi connectivity index (χ0) is 21.8. The second kappa shape index (κ2) is 15.4. The molecule has 0 saturated carbocycles. The van der Waals surface area contributed by atoms with Gasteiger partial charge in [-0.1, -0.05) is 88.7 Å². The quantitative estimate of drug-likeness (QED) is 0.259. The average molecular weight is 473 g/mol. The third-order valence-electron chi connectivity index (χ3n) is 5.20. The summed E-state index contributed by atoms with van der Waals surface area (Å²) < 4.78 is 38.2. The van der Waals surface area contributed by atoms with Crippen molar-refractivity contribution in [1.82, 2.24) is 0 Å². The zero-order valence-electron chi connectivity index (χ0n) is 18.8. The molecule has 2 aromatic carbocycles. The molecular formula is C24H33KO5S. The van der Waals surface area contributed by atoms with Gasteiger partial charge in [0.05, 0.1) is 4.90 Å². The Bertz CT molecular complexity index is 883. The number of ether oxygens (including phenoxy) is 1. The molecule has 0 aliphatic carbocycles. The van der Waals surface area contributed by atoms with Gasteiger partial charge in [0.15, 0.2) is 0 Å². The first-order chi connectivity index (χ1) is 14.4. The van der Waals surface area contributed by atoms with E-state index < -0.39 is 10.1 Å². The molecule has 0 bridgehead atoms. The fraction of sp³-hybridized carbons (Fsp3) is 0.500. The van der Waals surface area contributed by atoms with Crippen LogP contribution in [0.4, 0.5) is 0 Å². The van der Waals surface area contributed by atoms with Crippen molar-refractivity contribution in [3.8, 4) is 17.2 Å². The molecule has 166 valence electrons. The second-order valence-corrected chi connectivity index (χ2v) is 9.15. The minimum absolute atomic E-state index is 0. The van der Waals surface area contributed by atoms with Gasteiger partial charge in [-0.05, 0) is 42.7 Å². The fourth-order valence-electron chi connectivity index (χ4n) is 3.47. The van der Waals surface area contributed by atoms with Crippen molar-refractivity contribution in [2.24, 2.45) is 0 Å². The first kappa shape index (κ1) is 28.6. The van der Waals surface area contributed by atoms with Crippen LogP contribution in [0.3, 0.4) is 0 Å². The Morgan fingerprint density at radius 2 is 1.42 bits per heavy atom. The summed E-state index contributed by atoms with van der Waals surface area (Å²) in [4.78, 5) is -0.160. The minimum atomic E-state index is -4.29. The first-order valence-electron chi connectivity index (χ1n) is 11.0. The van der Waals surface area contributed by atoms with Crippen LogP contribution < -0.4 is 61.2 Å². The Kier molecular flexibility index (Phi) is 14.2. The van der Waals surface area contributed by atoms with Crippen molar-refractivity contribution in [2.75, 3.05) is 0 Å². The maximum absolute atomic E-state index is 11.9. The van der Waals surface area contributed by atoms with Gasteiger partial charge in [-0.2, -0.15) is 8.42 Å². The van der Waals surface area contributed by atoms with E-state index in [2.05, 4.69) is 6.92 Å². The molecule has 5 nitrogen and oxygen atoms in total. The molecule has 1 N–H and O–H groups in total. The molecule has 2 rings (SSSR count). The molecule has 0 amide bonds. The number of para-hydroxylation sites is 2. The molecule has 0 aliphatic heterocycles. The van der Waals surface area contributed by atoms with Gasteiger partial charge in [0.2, 0.25) is 0 Å². The Morgan fingerprint density at radius 3 is 2.00 bits per heavy atom. The third-order valence-corrected chi connectivity index (χ3v) is 6.05. The van der Waals surface area contributed by atoms with E-state index in [9.17, 15) is 18.1 Å². The van der Waals surface area contributed by atoms with Gasteiger partial charge in [-0.25, -0.2) is 0 Å². The molecule has 31 heavy (non-hydrogen) atoms. The number of hydrogen-bond donors (Lipinski definition) is 1. The molecule has 2 aromatic rings. The first-order valence-corrected chi connectivity index (χ1v) is 12.4. The molecule has 0 fully saturated rings. The van der Waals surface area contributed by atoms with Gasteiger partial charge < -0.3 is 9.84 Å². The van der Waals surface area contributed by atoms with Crippen molar-refractivity contribution in [3.05, 3.63) is 48.0 Å². The summed E-state index contributed by atoms with van der Waals surface area (Å²) in [7, 11) is -4.29. The Balaban J connectivity index is 0.00000480. The standard InChI is InChI=1S/C24H34O5S.K/c1-2-3-4-5-6-7-8-9-10-11-14-20-19-21(30(26,27)28)17-18-23(20)29-24-16-13-12-15-22(24)25;/h12-13,15-19,25H,2-11,14H2,1H3,(H,26,27,28);/q;+1/p-1. The van der Waals surface area contributed by atoms with Gasteiger partial charge >= 0.3 is 51.4 Å². The summed E-state index contributed by atoms with van der Waals surface area (Å²) in [6.07, 6.45) is 12.7. The Hall–Kier alpha value is -0.414. The molecule has 0 heterocycles. The fourth-order valence-corrected chi connectivity index (χ4v) is 4.00. The van der Waals surface area contributed by atoms with Crippen LogP contribution in [-0.4, -0.2) is 13.0 Å². The minimum Gasteiger partial charge on any atom is -0.870 e. The Labute approximate surface area is 229 Å². The van der Waals surface area contributed by atoms with E-state index in [1.807, 2.05) is 0 Å². The normalized spacial score (nSPS) is 11.2. The molecule has 0 unspecified atom stereocenters. The summed E-state index contributed by atoms with van der Waals surface area (Å²) in [6.45, 7) is 2.22. The van der Waals surface area contributed by atoms with Crippen molar-refractivity contribution >= 4 is 10.1 Å². The average Bonchev–Trinajstić information content (AvgIpc) is 2.71. The van der Waals surface area contributed by atoms with Crippen LogP contribution in [0.5, 0.6) is 17.2 Å². The predicted molar refractivity (Wildman–Crippen MR) is 118 cm³/mol. The maximum Gasteiger partial charge on any atom is 1.00 e. The van der Waals surface area contributed by atoms with Crippen LogP contribution in [0, 0.1) is 0 Å². The van der Waals surface area contributed by atoms with Gasteiger partial charge in [-0.3, -0.25) is 4.55 Å². The molecule has 0 spiro atoms. The predicted octanol–water partition coefficient (Wildman–Crippen LogP) is 3.27. The van der Waals surface area contributed by atoms with Gasteiger partial charge in [-0.15, -0.1) is 0 Å². The number of benzene rings is 2. The van der Waals surface area contributed by atoms with E-state index in [-0.39, 0.29) is 67.8 Å². The maximum atomic E-state index is 11.9. The third kappa shape index (κ3) is 10.8. The number of unbranched alkanes of at least 4 members (excludes halogenated alkanes) is 9. The van der Waals surface area contributed by atoms with Crippen LogP contribution in [0.25, 0.3) is 0 Å². The van der Waals surface area contributed by atoms with E-state index in [4.69, 9.17) is 4.74 Å². The van der Waals surface area contributed by atoms with Crippen LogP contribution in [-0.2, 0) is 16.5 Å².